The van der Waals surface area contributed by atoms with Crippen LogP contribution in [0.3, 0.4) is 0 Å². The molecule has 0 radical (unpaired) electrons. The van der Waals surface area contributed by atoms with Crippen molar-refractivity contribution in [2.24, 2.45) is 10.7 Å². The second-order valence-electron chi connectivity index (χ2n) is 5.77. The maximum Gasteiger partial charge on any atom is 0.191 e. The predicted molar refractivity (Wildman–Crippen MR) is 79.4 cm³/mol. The number of rotatable bonds is 4. The quantitative estimate of drug-likeness (QED) is 0.484. The van der Waals surface area contributed by atoms with Gasteiger partial charge in [-0.3, -0.25) is 4.99 Å². The molecule has 0 aliphatic carbocycles. The minimum absolute atomic E-state index is 0.475. The molecule has 4 heteroatoms. The standard InChI is InChI=1S/C15H29N3O/c16-15(18-11-4-1-2-5-12-18)17-10-7-9-14-8-3-6-13-19-14/h14H,1-13H2,(H2,16,17)/t14-/m1/s1. The highest BCUT2D eigenvalue weighted by atomic mass is 16.5. The summed E-state index contributed by atoms with van der Waals surface area (Å²) in [7, 11) is 0. The second kappa shape index (κ2) is 8.41. The molecule has 2 aliphatic rings. The predicted octanol–water partition coefficient (Wildman–Crippen LogP) is 2.53. The van der Waals surface area contributed by atoms with E-state index in [1.165, 1.54) is 44.9 Å². The van der Waals surface area contributed by atoms with Crippen molar-refractivity contribution in [3.8, 4) is 0 Å². The molecule has 0 aromatic heterocycles. The highest BCUT2D eigenvalue weighted by molar-refractivity contribution is 5.78. The van der Waals surface area contributed by atoms with E-state index in [9.17, 15) is 0 Å². The molecule has 2 rings (SSSR count). The van der Waals surface area contributed by atoms with Crippen molar-refractivity contribution >= 4 is 5.96 Å². The van der Waals surface area contributed by atoms with Crippen molar-refractivity contribution in [2.75, 3.05) is 26.2 Å². The number of aliphatic imine (C=N–C) groups is 1. The van der Waals surface area contributed by atoms with E-state index in [0.29, 0.717) is 6.10 Å². The lowest BCUT2D eigenvalue weighted by molar-refractivity contribution is 0.0105. The largest absolute Gasteiger partial charge is 0.378 e. The van der Waals surface area contributed by atoms with Crippen LogP contribution in [0.1, 0.15) is 57.8 Å². The van der Waals surface area contributed by atoms with Crippen LogP contribution in [0.25, 0.3) is 0 Å². The number of hydrogen-bond donors (Lipinski definition) is 1. The molecule has 0 bridgehead atoms. The summed E-state index contributed by atoms with van der Waals surface area (Å²) in [6.07, 6.45) is 11.7. The van der Waals surface area contributed by atoms with Crippen molar-refractivity contribution in [3.63, 3.8) is 0 Å². The van der Waals surface area contributed by atoms with Crippen LogP contribution in [-0.4, -0.2) is 43.2 Å². The molecule has 2 heterocycles. The van der Waals surface area contributed by atoms with E-state index in [1.807, 2.05) is 0 Å². The van der Waals surface area contributed by atoms with Gasteiger partial charge in [-0.15, -0.1) is 0 Å². The van der Waals surface area contributed by atoms with E-state index in [1.54, 1.807) is 0 Å². The molecule has 0 aromatic rings. The number of guanidine groups is 1. The van der Waals surface area contributed by atoms with Crippen LogP contribution < -0.4 is 5.73 Å². The zero-order valence-electron chi connectivity index (χ0n) is 12.1. The van der Waals surface area contributed by atoms with Crippen LogP contribution in [0.2, 0.25) is 0 Å². The van der Waals surface area contributed by atoms with Gasteiger partial charge >= 0.3 is 0 Å². The molecule has 0 unspecified atom stereocenters. The van der Waals surface area contributed by atoms with Gasteiger partial charge in [0.1, 0.15) is 0 Å². The zero-order valence-corrected chi connectivity index (χ0v) is 12.1. The summed E-state index contributed by atoms with van der Waals surface area (Å²) in [6, 6.07) is 0. The summed E-state index contributed by atoms with van der Waals surface area (Å²) in [4.78, 5) is 6.79. The van der Waals surface area contributed by atoms with Crippen LogP contribution in [0.15, 0.2) is 4.99 Å². The van der Waals surface area contributed by atoms with Gasteiger partial charge in [-0.1, -0.05) is 12.8 Å². The van der Waals surface area contributed by atoms with Gasteiger partial charge in [-0.25, -0.2) is 0 Å². The fourth-order valence-electron chi connectivity index (χ4n) is 2.95. The SMILES string of the molecule is NC(=NCCC[C@H]1CCCCO1)N1CCCCCC1. The number of nitrogens with two attached hydrogens (primary N) is 1. The van der Waals surface area contributed by atoms with Gasteiger partial charge in [0.15, 0.2) is 5.96 Å². The highest BCUT2D eigenvalue weighted by Gasteiger charge is 2.13. The van der Waals surface area contributed by atoms with Gasteiger partial charge in [-0.2, -0.15) is 0 Å². The first-order chi connectivity index (χ1) is 9.36. The van der Waals surface area contributed by atoms with Crippen molar-refractivity contribution in [2.45, 2.75) is 63.9 Å². The van der Waals surface area contributed by atoms with Crippen molar-refractivity contribution in [3.05, 3.63) is 0 Å². The van der Waals surface area contributed by atoms with E-state index < -0.39 is 0 Å². The molecule has 4 nitrogen and oxygen atoms in total. The van der Waals surface area contributed by atoms with Crippen molar-refractivity contribution < 1.29 is 4.74 Å². The number of likely N-dealkylation sites (tertiary alicyclic amines) is 1. The fraction of sp³-hybridized carbons (Fsp3) is 0.933. The maximum absolute atomic E-state index is 6.08. The average Bonchev–Trinajstić information content (AvgIpc) is 2.73. The molecule has 0 amide bonds. The summed E-state index contributed by atoms with van der Waals surface area (Å²) in [5.41, 5.74) is 6.08. The lowest BCUT2D eigenvalue weighted by Gasteiger charge is -2.23. The Morgan fingerprint density at radius 2 is 1.89 bits per heavy atom. The molecular weight excluding hydrogens is 238 g/mol. The Labute approximate surface area is 117 Å². The summed E-state index contributed by atoms with van der Waals surface area (Å²) in [5.74, 6) is 0.756. The van der Waals surface area contributed by atoms with Gasteiger partial charge in [0, 0.05) is 26.2 Å². The van der Waals surface area contributed by atoms with E-state index >= 15 is 0 Å². The molecule has 19 heavy (non-hydrogen) atoms. The summed E-state index contributed by atoms with van der Waals surface area (Å²) >= 11 is 0. The van der Waals surface area contributed by atoms with Crippen LogP contribution >= 0.6 is 0 Å². The highest BCUT2D eigenvalue weighted by Crippen LogP contribution is 2.16. The molecule has 1 atom stereocenters. The van der Waals surface area contributed by atoms with Gasteiger partial charge in [0.25, 0.3) is 0 Å². The average molecular weight is 267 g/mol. The summed E-state index contributed by atoms with van der Waals surface area (Å²) in [5, 5.41) is 0. The number of hydrogen-bond acceptors (Lipinski definition) is 2. The monoisotopic (exact) mass is 267 g/mol. The Balaban J connectivity index is 1.63. The number of nitrogens with zero attached hydrogens (tertiary/aromatic N) is 2. The molecule has 2 N–H and O–H groups in total. The van der Waals surface area contributed by atoms with Gasteiger partial charge in [-0.05, 0) is 44.9 Å². The minimum Gasteiger partial charge on any atom is -0.378 e. The van der Waals surface area contributed by atoms with Gasteiger partial charge < -0.3 is 15.4 Å². The fourth-order valence-corrected chi connectivity index (χ4v) is 2.95. The topological polar surface area (TPSA) is 50.9 Å². The van der Waals surface area contributed by atoms with E-state index in [-0.39, 0.29) is 0 Å². The number of ether oxygens (including phenoxy) is 1. The summed E-state index contributed by atoms with van der Waals surface area (Å²) < 4.78 is 5.73. The normalized spacial score (nSPS) is 26.2. The molecule has 2 aliphatic heterocycles. The van der Waals surface area contributed by atoms with E-state index in [4.69, 9.17) is 10.5 Å². The first kappa shape index (κ1) is 14.6. The Hall–Kier alpha value is -0.770. The third-order valence-corrected chi connectivity index (χ3v) is 4.16. The minimum atomic E-state index is 0.475. The molecule has 0 spiro atoms. The second-order valence-corrected chi connectivity index (χ2v) is 5.77. The van der Waals surface area contributed by atoms with Crippen molar-refractivity contribution in [1.82, 2.24) is 4.90 Å². The van der Waals surface area contributed by atoms with Crippen molar-refractivity contribution in [1.29, 1.82) is 0 Å². The molecule has 2 saturated heterocycles. The third-order valence-electron chi connectivity index (χ3n) is 4.16. The van der Waals surface area contributed by atoms with Crippen LogP contribution in [-0.2, 0) is 4.74 Å². The molecule has 0 saturated carbocycles. The maximum atomic E-state index is 6.08. The molecule has 2 fully saturated rings. The van der Waals surface area contributed by atoms with E-state index in [2.05, 4.69) is 9.89 Å². The lowest BCUT2D eigenvalue weighted by Crippen LogP contribution is -2.38. The zero-order chi connectivity index (χ0) is 13.3. The first-order valence-electron chi connectivity index (χ1n) is 8.03. The Kier molecular flexibility index (Phi) is 6.48. The smallest absolute Gasteiger partial charge is 0.191 e. The van der Waals surface area contributed by atoms with Gasteiger partial charge in [0.05, 0.1) is 6.10 Å². The third kappa shape index (κ3) is 5.39. The lowest BCUT2D eigenvalue weighted by atomic mass is 10.1. The van der Waals surface area contributed by atoms with Crippen LogP contribution in [0, 0.1) is 0 Å². The molecule has 110 valence electrons. The first-order valence-corrected chi connectivity index (χ1v) is 8.03. The van der Waals surface area contributed by atoms with E-state index in [0.717, 1.165) is 45.0 Å². The van der Waals surface area contributed by atoms with Crippen LogP contribution in [0.5, 0.6) is 0 Å². The Morgan fingerprint density at radius 3 is 2.58 bits per heavy atom. The Morgan fingerprint density at radius 1 is 1.11 bits per heavy atom. The molecular formula is C15H29N3O. The Bertz CT molecular complexity index is 267. The summed E-state index contributed by atoms with van der Waals surface area (Å²) in [6.45, 7) is 3.97. The molecule has 0 aromatic carbocycles. The van der Waals surface area contributed by atoms with Gasteiger partial charge in [0.2, 0.25) is 0 Å². The van der Waals surface area contributed by atoms with Crippen LogP contribution in [0.4, 0.5) is 0 Å².